The number of carboxylic acid groups (broad SMARTS) is 1. The Kier molecular flexibility index (Phi) is 13.4. The maximum absolute atomic E-state index is 10.1. The van der Waals surface area contributed by atoms with Crippen LogP contribution in [0.15, 0.2) is 0 Å². The van der Waals surface area contributed by atoms with Crippen LogP contribution in [0.5, 0.6) is 0 Å². The van der Waals surface area contributed by atoms with E-state index in [9.17, 15) is 40.5 Å². The Morgan fingerprint density at radius 1 is 0.722 bits per heavy atom. The third kappa shape index (κ3) is 7.91. The zero-order valence-corrected chi connectivity index (χ0v) is 18.6. The van der Waals surface area contributed by atoms with Gasteiger partial charge < -0.3 is 85.7 Å². The molecule has 18 nitrogen and oxygen atoms in total. The number of carbonyl (C=O) groups is 1. The van der Waals surface area contributed by atoms with Gasteiger partial charge in [-0.15, -0.1) is 0 Å². The zero-order valence-electron chi connectivity index (χ0n) is 18.6. The van der Waals surface area contributed by atoms with Crippen LogP contribution in [0.2, 0.25) is 0 Å². The molecule has 2 aliphatic rings. The monoisotopic (exact) mass is 538 g/mol. The number of ether oxygens (including phenoxy) is 3. The molecule has 36 heavy (non-hydrogen) atoms. The van der Waals surface area contributed by atoms with Crippen molar-refractivity contribution in [2.75, 3.05) is 19.8 Å². The fourth-order valence-electron chi connectivity index (χ4n) is 3.24. The van der Waals surface area contributed by atoms with Gasteiger partial charge in [-0.25, -0.2) is 4.79 Å². The van der Waals surface area contributed by atoms with Crippen LogP contribution in [0.1, 0.15) is 0 Å². The average Bonchev–Trinajstić information content (AvgIpc) is 2.87. The highest BCUT2D eigenvalue weighted by molar-refractivity contribution is 5.72. The molecule has 0 saturated carbocycles. The molecular weight excluding hydrogens is 504 g/mol. The second-order valence-corrected chi connectivity index (χ2v) is 8.04. The van der Waals surface area contributed by atoms with Gasteiger partial charge in [0, 0.05) is 0 Å². The summed E-state index contributed by atoms with van der Waals surface area (Å²) in [6.07, 6.45) is -23.4. The van der Waals surface area contributed by atoms with Crippen molar-refractivity contribution < 1.29 is 90.5 Å². The number of aliphatic carboxylic acids is 1. The molecule has 0 amide bonds. The topological polar surface area (TPSA) is 328 Å². The summed E-state index contributed by atoms with van der Waals surface area (Å²) >= 11 is 0. The number of aliphatic hydroxyl groups excluding tert-OH is 13. The first-order valence-electron chi connectivity index (χ1n) is 10.6. The first-order chi connectivity index (χ1) is 16.7. The van der Waals surface area contributed by atoms with Gasteiger partial charge in [0.1, 0.15) is 67.1 Å². The standard InChI is InChI=1S/C12H22O11.C6H12O7/c13-1-3-5(15)6(16)9(19)12(22-3)23-10-4(2-14)21-11(20)8(18)7(10)17;7-1-2(8)3(9)4(10)5(11)6(12)13/h3-20H,1-2H2;2-5,7-11H,1H2,(H,12,13)/t3-,4-,5+,6+,7-,8-,9-,10-,11-,12+;2-,3-,4+,5-/m11/s1. The summed E-state index contributed by atoms with van der Waals surface area (Å²) in [5, 5.41) is 128. The molecule has 2 rings (SSSR count). The molecular formula is C18H34O18. The highest BCUT2D eigenvalue weighted by atomic mass is 16.7. The van der Waals surface area contributed by atoms with Crippen LogP contribution in [-0.4, -0.2) is 183 Å². The fourth-order valence-corrected chi connectivity index (χ4v) is 3.24. The molecule has 2 saturated heterocycles. The average molecular weight is 538 g/mol. The van der Waals surface area contributed by atoms with Gasteiger partial charge in [-0.3, -0.25) is 0 Å². The van der Waals surface area contributed by atoms with Crippen molar-refractivity contribution in [2.24, 2.45) is 0 Å². The van der Waals surface area contributed by atoms with E-state index in [2.05, 4.69) is 0 Å². The molecule has 2 fully saturated rings. The minimum atomic E-state index is -2.20. The van der Waals surface area contributed by atoms with Crippen molar-refractivity contribution in [2.45, 2.75) is 85.8 Å². The third-order valence-corrected chi connectivity index (χ3v) is 5.49. The summed E-state index contributed by atoms with van der Waals surface area (Å²) in [5.74, 6) is -1.73. The Bertz CT molecular complexity index is 650. The largest absolute Gasteiger partial charge is 0.479 e. The summed E-state index contributed by atoms with van der Waals surface area (Å²) in [6.45, 7) is -2.19. The van der Waals surface area contributed by atoms with Gasteiger partial charge in [-0.05, 0) is 0 Å². The lowest BCUT2D eigenvalue weighted by atomic mass is 9.97. The van der Waals surface area contributed by atoms with Gasteiger partial charge >= 0.3 is 5.97 Å². The van der Waals surface area contributed by atoms with E-state index in [-0.39, 0.29) is 0 Å². The van der Waals surface area contributed by atoms with Crippen LogP contribution < -0.4 is 0 Å². The lowest BCUT2D eigenvalue weighted by Crippen LogP contribution is -2.64. The molecule has 0 aromatic carbocycles. The van der Waals surface area contributed by atoms with Gasteiger partial charge in [0.15, 0.2) is 18.7 Å². The normalized spacial score (nSPS) is 40.4. The molecule has 0 bridgehead atoms. The predicted molar refractivity (Wildman–Crippen MR) is 107 cm³/mol. The van der Waals surface area contributed by atoms with Crippen LogP contribution in [0.4, 0.5) is 0 Å². The van der Waals surface area contributed by atoms with Crippen molar-refractivity contribution in [3.63, 3.8) is 0 Å². The van der Waals surface area contributed by atoms with Crippen LogP contribution in [0.3, 0.4) is 0 Å². The second-order valence-electron chi connectivity index (χ2n) is 8.04. The molecule has 0 radical (unpaired) electrons. The van der Waals surface area contributed by atoms with Crippen LogP contribution in [-0.2, 0) is 19.0 Å². The van der Waals surface area contributed by atoms with Crippen LogP contribution in [0, 0.1) is 0 Å². The zero-order chi connectivity index (χ0) is 27.9. The van der Waals surface area contributed by atoms with Gasteiger partial charge in [0.05, 0.1) is 19.8 Å². The van der Waals surface area contributed by atoms with Gasteiger partial charge in [-0.1, -0.05) is 0 Å². The molecule has 0 spiro atoms. The summed E-state index contributed by atoms with van der Waals surface area (Å²) in [6, 6.07) is 0. The van der Waals surface area contributed by atoms with E-state index in [0.717, 1.165) is 0 Å². The molecule has 14 atom stereocenters. The molecule has 0 aromatic rings. The number of hydrogen-bond donors (Lipinski definition) is 14. The van der Waals surface area contributed by atoms with Crippen LogP contribution >= 0.6 is 0 Å². The van der Waals surface area contributed by atoms with E-state index in [1.165, 1.54) is 0 Å². The molecule has 0 aliphatic carbocycles. The third-order valence-electron chi connectivity index (χ3n) is 5.49. The lowest BCUT2D eigenvalue weighted by Gasteiger charge is -2.45. The molecule has 0 aromatic heterocycles. The number of rotatable bonds is 9. The van der Waals surface area contributed by atoms with Gasteiger partial charge in [-0.2, -0.15) is 0 Å². The minimum absolute atomic E-state index is 0.667. The molecule has 2 heterocycles. The maximum atomic E-state index is 10.1. The van der Waals surface area contributed by atoms with Crippen molar-refractivity contribution in [1.29, 1.82) is 0 Å². The highest BCUT2D eigenvalue weighted by Crippen LogP contribution is 2.28. The van der Waals surface area contributed by atoms with E-state index in [0.29, 0.717) is 0 Å². The Balaban J connectivity index is 0.000000426. The first-order valence-corrected chi connectivity index (χ1v) is 10.6. The Morgan fingerprint density at radius 2 is 1.28 bits per heavy atom. The summed E-state index contributed by atoms with van der Waals surface area (Å²) in [5.41, 5.74) is 0. The summed E-state index contributed by atoms with van der Waals surface area (Å²) in [4.78, 5) is 10.1. The molecule has 0 unspecified atom stereocenters. The number of carboxylic acids is 1. The maximum Gasteiger partial charge on any atom is 0.335 e. The highest BCUT2D eigenvalue weighted by Gasteiger charge is 2.50. The second kappa shape index (κ2) is 14.7. The van der Waals surface area contributed by atoms with E-state index >= 15 is 0 Å². The van der Waals surface area contributed by atoms with Crippen molar-refractivity contribution in [1.82, 2.24) is 0 Å². The van der Waals surface area contributed by atoms with Gasteiger partial charge in [0.2, 0.25) is 0 Å². The summed E-state index contributed by atoms with van der Waals surface area (Å²) in [7, 11) is 0. The number of aliphatic hydroxyl groups is 13. The first kappa shape index (κ1) is 32.9. The summed E-state index contributed by atoms with van der Waals surface area (Å²) < 4.78 is 15.3. The van der Waals surface area contributed by atoms with E-state index in [4.69, 9.17) is 50.0 Å². The minimum Gasteiger partial charge on any atom is -0.479 e. The van der Waals surface area contributed by atoms with Crippen molar-refractivity contribution >= 4 is 5.97 Å². The van der Waals surface area contributed by atoms with Gasteiger partial charge in [0.25, 0.3) is 0 Å². The SMILES string of the molecule is O=C(O)[C@H](O)[C@@H](O)[C@H](O)[C@H](O)CO.OC[C@H]1O[C@@H](O[C@H]2[C@H](O)[C@@H](O)[C@H](O)O[C@@H]2CO)[C@H](O)[C@@H](O)[C@H]1O. The van der Waals surface area contributed by atoms with Crippen molar-refractivity contribution in [3.8, 4) is 0 Å². The fraction of sp³-hybridized carbons (Fsp3) is 0.944. The van der Waals surface area contributed by atoms with E-state index in [1.54, 1.807) is 0 Å². The Labute approximate surface area is 203 Å². The van der Waals surface area contributed by atoms with Crippen LogP contribution in [0.25, 0.3) is 0 Å². The Hall–Kier alpha value is -1.17. The molecule has 2 aliphatic heterocycles. The quantitative estimate of drug-likeness (QED) is 0.129. The lowest BCUT2D eigenvalue weighted by molar-refractivity contribution is -0.355. The van der Waals surface area contributed by atoms with Crippen molar-refractivity contribution in [3.05, 3.63) is 0 Å². The number of hydrogen-bond acceptors (Lipinski definition) is 17. The predicted octanol–water partition coefficient (Wildman–Crippen LogP) is -8.89. The smallest absolute Gasteiger partial charge is 0.335 e. The Morgan fingerprint density at radius 3 is 1.75 bits per heavy atom. The molecule has 18 heteroatoms. The molecule has 14 N–H and O–H groups in total. The molecule has 214 valence electrons. The van der Waals surface area contributed by atoms with E-state index in [1.807, 2.05) is 0 Å². The van der Waals surface area contributed by atoms with E-state index < -0.39 is 112 Å².